The summed E-state index contributed by atoms with van der Waals surface area (Å²) in [4.78, 5) is 26.2. The molecule has 2 amide bonds. The molecule has 1 aromatic heterocycles. The largest absolute Gasteiger partial charge is 0.482 e. The summed E-state index contributed by atoms with van der Waals surface area (Å²) in [7, 11) is 0. The van der Waals surface area contributed by atoms with E-state index in [-0.39, 0.29) is 30.8 Å². The molecule has 2 aliphatic heterocycles. The van der Waals surface area contributed by atoms with E-state index in [0.717, 1.165) is 29.9 Å². The van der Waals surface area contributed by atoms with Crippen LogP contribution in [0.25, 0.3) is 0 Å². The van der Waals surface area contributed by atoms with Gasteiger partial charge in [-0.3, -0.25) is 14.7 Å². The number of carbonyl (C=O) groups excluding carboxylic acids is 2. The van der Waals surface area contributed by atoms with E-state index in [0.29, 0.717) is 37.5 Å². The minimum absolute atomic E-state index is 0. The molecule has 3 N–H and O–H groups in total. The molecular formula is C18H22ClN5O3. The Morgan fingerprint density at radius 3 is 3.07 bits per heavy atom. The van der Waals surface area contributed by atoms with Gasteiger partial charge in [0.15, 0.2) is 12.3 Å². The first-order valence-corrected chi connectivity index (χ1v) is 8.81. The van der Waals surface area contributed by atoms with Gasteiger partial charge in [0, 0.05) is 43.9 Å². The Kier molecular flexibility index (Phi) is 5.98. The van der Waals surface area contributed by atoms with Gasteiger partial charge in [-0.1, -0.05) is 12.1 Å². The van der Waals surface area contributed by atoms with E-state index >= 15 is 0 Å². The van der Waals surface area contributed by atoms with Gasteiger partial charge in [-0.2, -0.15) is 5.10 Å². The van der Waals surface area contributed by atoms with E-state index in [2.05, 4.69) is 20.8 Å². The average molecular weight is 392 g/mol. The molecule has 0 bridgehead atoms. The maximum absolute atomic E-state index is 12.4. The second-order valence-corrected chi connectivity index (χ2v) is 6.37. The summed E-state index contributed by atoms with van der Waals surface area (Å²) >= 11 is 0. The quantitative estimate of drug-likeness (QED) is 0.661. The molecule has 0 saturated heterocycles. The molecule has 1 aromatic carbocycles. The maximum atomic E-state index is 12.4. The number of nitrogens with zero attached hydrogens (tertiary/aromatic N) is 2. The summed E-state index contributed by atoms with van der Waals surface area (Å²) in [6.45, 7) is 2.61. The van der Waals surface area contributed by atoms with Crippen LogP contribution in [0.4, 0.5) is 5.69 Å². The molecule has 9 heteroatoms. The van der Waals surface area contributed by atoms with Crippen molar-refractivity contribution in [3.8, 4) is 5.75 Å². The highest BCUT2D eigenvalue weighted by atomic mass is 35.5. The molecule has 0 fully saturated rings. The Hall–Kier alpha value is -2.58. The molecule has 0 saturated carbocycles. The zero-order valence-electron chi connectivity index (χ0n) is 14.8. The van der Waals surface area contributed by atoms with Gasteiger partial charge in [0.05, 0.1) is 5.69 Å². The highest BCUT2D eigenvalue weighted by molar-refractivity contribution is 5.97. The molecular weight excluding hydrogens is 370 g/mol. The minimum Gasteiger partial charge on any atom is -0.482 e. The number of nitrogens with one attached hydrogen (secondary N) is 3. The van der Waals surface area contributed by atoms with E-state index in [1.807, 2.05) is 24.3 Å². The summed E-state index contributed by atoms with van der Waals surface area (Å²) in [5.74, 6) is 0.467. The number of para-hydroxylation sites is 2. The lowest BCUT2D eigenvalue weighted by atomic mass is 10.1. The second kappa shape index (κ2) is 8.41. The van der Waals surface area contributed by atoms with Gasteiger partial charge >= 0.3 is 0 Å². The number of aromatic nitrogens is 2. The van der Waals surface area contributed by atoms with Crippen molar-refractivity contribution < 1.29 is 14.3 Å². The Morgan fingerprint density at radius 1 is 1.33 bits per heavy atom. The number of amides is 2. The van der Waals surface area contributed by atoms with Crippen LogP contribution in [0.2, 0.25) is 0 Å². The van der Waals surface area contributed by atoms with Gasteiger partial charge in [0.25, 0.3) is 11.8 Å². The minimum atomic E-state index is -0.181. The van der Waals surface area contributed by atoms with Gasteiger partial charge in [0.2, 0.25) is 0 Å². The molecule has 144 valence electrons. The number of H-pyrrole nitrogens is 1. The number of carbonyl (C=O) groups is 2. The summed E-state index contributed by atoms with van der Waals surface area (Å²) in [6, 6.07) is 7.48. The molecule has 8 nitrogen and oxygen atoms in total. The first-order chi connectivity index (χ1) is 12.7. The number of anilines is 1. The molecule has 0 atom stereocenters. The summed E-state index contributed by atoms with van der Waals surface area (Å²) in [5, 5.41) is 13.2. The fourth-order valence-electron chi connectivity index (χ4n) is 3.33. The monoisotopic (exact) mass is 391 g/mol. The van der Waals surface area contributed by atoms with Crippen molar-refractivity contribution in [3.63, 3.8) is 0 Å². The summed E-state index contributed by atoms with van der Waals surface area (Å²) in [5.41, 5.74) is 3.22. The Morgan fingerprint density at radius 2 is 2.19 bits per heavy atom. The van der Waals surface area contributed by atoms with Crippen LogP contribution in [0.3, 0.4) is 0 Å². The first kappa shape index (κ1) is 19.2. The molecule has 3 heterocycles. The fraction of sp³-hybridized carbons (Fsp3) is 0.389. The third-order valence-electron chi connectivity index (χ3n) is 4.67. The number of aromatic amines is 1. The standard InChI is InChI=1S/C18H21N5O3.ClH/c24-16-11-26-15-5-2-1-4-14(15)23(16)9-3-7-20-18(25)17-12-10-19-8-6-13(12)21-22-17;/h1-2,4-5,19H,3,6-11H2,(H,20,25)(H,21,22);1H. The van der Waals surface area contributed by atoms with E-state index in [4.69, 9.17) is 4.74 Å². The Labute approximate surface area is 163 Å². The number of fused-ring (bicyclic) bond motifs is 2. The van der Waals surface area contributed by atoms with Crippen molar-refractivity contribution >= 4 is 29.9 Å². The fourth-order valence-corrected chi connectivity index (χ4v) is 3.33. The second-order valence-electron chi connectivity index (χ2n) is 6.37. The molecule has 2 aromatic rings. The van der Waals surface area contributed by atoms with Gasteiger partial charge in [-0.05, 0) is 18.6 Å². The van der Waals surface area contributed by atoms with E-state index < -0.39 is 0 Å². The highest BCUT2D eigenvalue weighted by Gasteiger charge is 2.25. The molecule has 4 rings (SSSR count). The number of ether oxygens (including phenoxy) is 1. The van der Waals surface area contributed by atoms with Crippen LogP contribution in [-0.4, -0.2) is 48.3 Å². The molecule has 2 aliphatic rings. The van der Waals surface area contributed by atoms with Crippen LogP contribution >= 0.6 is 12.4 Å². The normalized spacial score (nSPS) is 15.3. The van der Waals surface area contributed by atoms with E-state index in [1.54, 1.807) is 4.90 Å². The van der Waals surface area contributed by atoms with Crippen LogP contribution in [0.5, 0.6) is 5.75 Å². The SMILES string of the molecule is Cl.O=C(NCCCN1C(=O)COc2ccccc21)c1n[nH]c2c1CNCC2. The van der Waals surface area contributed by atoms with Crippen LogP contribution < -0.4 is 20.3 Å². The lowest BCUT2D eigenvalue weighted by Crippen LogP contribution is -2.40. The molecule has 0 radical (unpaired) electrons. The predicted octanol–water partition coefficient (Wildman–Crippen LogP) is 1.02. The average Bonchev–Trinajstić information content (AvgIpc) is 3.10. The smallest absolute Gasteiger partial charge is 0.272 e. The molecule has 27 heavy (non-hydrogen) atoms. The number of hydrogen-bond donors (Lipinski definition) is 3. The lowest BCUT2D eigenvalue weighted by Gasteiger charge is -2.29. The van der Waals surface area contributed by atoms with E-state index in [9.17, 15) is 9.59 Å². The Bertz CT molecular complexity index is 838. The van der Waals surface area contributed by atoms with Gasteiger partial charge in [0.1, 0.15) is 5.75 Å². The zero-order valence-corrected chi connectivity index (χ0v) is 15.6. The van der Waals surface area contributed by atoms with Crippen LogP contribution in [0, 0.1) is 0 Å². The van der Waals surface area contributed by atoms with Crippen LogP contribution in [0.1, 0.15) is 28.2 Å². The Balaban J connectivity index is 0.00000210. The molecule has 0 spiro atoms. The van der Waals surface area contributed by atoms with Gasteiger partial charge in [-0.25, -0.2) is 0 Å². The van der Waals surface area contributed by atoms with Crippen molar-refractivity contribution in [2.24, 2.45) is 0 Å². The number of halogens is 1. The van der Waals surface area contributed by atoms with Crippen LogP contribution in [-0.2, 0) is 17.8 Å². The van der Waals surface area contributed by atoms with Crippen molar-refractivity contribution in [1.29, 1.82) is 0 Å². The summed E-state index contributed by atoms with van der Waals surface area (Å²) in [6.07, 6.45) is 1.50. The number of hydrogen-bond acceptors (Lipinski definition) is 5. The van der Waals surface area contributed by atoms with Crippen molar-refractivity contribution in [1.82, 2.24) is 20.8 Å². The van der Waals surface area contributed by atoms with Crippen LogP contribution in [0.15, 0.2) is 24.3 Å². The predicted molar refractivity (Wildman–Crippen MR) is 102 cm³/mol. The first-order valence-electron chi connectivity index (χ1n) is 8.81. The topological polar surface area (TPSA) is 99.3 Å². The zero-order chi connectivity index (χ0) is 17.9. The highest BCUT2D eigenvalue weighted by Crippen LogP contribution is 2.31. The third kappa shape index (κ3) is 3.91. The third-order valence-corrected chi connectivity index (χ3v) is 4.67. The lowest BCUT2D eigenvalue weighted by molar-refractivity contribution is -0.121. The maximum Gasteiger partial charge on any atom is 0.272 e. The molecule has 0 aliphatic carbocycles. The molecule has 0 unspecified atom stereocenters. The van der Waals surface area contributed by atoms with Gasteiger partial charge in [-0.15, -0.1) is 12.4 Å². The number of rotatable bonds is 5. The van der Waals surface area contributed by atoms with E-state index in [1.165, 1.54) is 0 Å². The van der Waals surface area contributed by atoms with Crippen molar-refractivity contribution in [2.75, 3.05) is 31.1 Å². The van der Waals surface area contributed by atoms with Crippen molar-refractivity contribution in [3.05, 3.63) is 41.2 Å². The van der Waals surface area contributed by atoms with Gasteiger partial charge < -0.3 is 20.3 Å². The summed E-state index contributed by atoms with van der Waals surface area (Å²) < 4.78 is 5.43. The van der Waals surface area contributed by atoms with Crippen molar-refractivity contribution in [2.45, 2.75) is 19.4 Å². The number of benzene rings is 1.